The quantitative estimate of drug-likeness (QED) is 0.552. The Morgan fingerprint density at radius 1 is 1.61 bits per heavy atom. The van der Waals surface area contributed by atoms with Crippen molar-refractivity contribution < 1.29 is 14.8 Å². The van der Waals surface area contributed by atoms with Gasteiger partial charge in [0.1, 0.15) is 6.33 Å². The second-order valence-electron chi connectivity index (χ2n) is 3.66. The molecule has 0 saturated heterocycles. The Hall–Kier alpha value is -1.96. The normalized spacial score (nSPS) is 11.9. The molecule has 100 valence electrons. The van der Waals surface area contributed by atoms with E-state index in [1.54, 1.807) is 0 Å². The predicted octanol–water partition coefficient (Wildman–Crippen LogP) is 0.966. The zero-order valence-electron chi connectivity index (χ0n) is 10.3. The summed E-state index contributed by atoms with van der Waals surface area (Å²) >= 11 is 0. The first-order valence-corrected chi connectivity index (χ1v) is 5.55. The van der Waals surface area contributed by atoms with Crippen LogP contribution in [0.3, 0.4) is 0 Å². The van der Waals surface area contributed by atoms with E-state index in [1.807, 2.05) is 6.92 Å². The van der Waals surface area contributed by atoms with Gasteiger partial charge in [0.15, 0.2) is 0 Å². The minimum atomic E-state index is -0.618. The third-order valence-electron chi connectivity index (χ3n) is 2.29. The van der Waals surface area contributed by atoms with Crippen molar-refractivity contribution in [3.63, 3.8) is 0 Å². The number of anilines is 1. The van der Waals surface area contributed by atoms with Gasteiger partial charge in [-0.05, 0) is 6.42 Å². The molecule has 0 radical (unpaired) electrons. The van der Waals surface area contributed by atoms with Gasteiger partial charge >= 0.3 is 5.69 Å². The summed E-state index contributed by atoms with van der Waals surface area (Å²) in [5, 5.41) is 23.2. The molecule has 1 heterocycles. The Balaban J connectivity index is 2.85. The van der Waals surface area contributed by atoms with Gasteiger partial charge in [0.05, 0.1) is 18.1 Å². The lowest BCUT2D eigenvalue weighted by atomic mass is 10.2. The average molecular weight is 256 g/mol. The molecule has 1 aromatic heterocycles. The highest BCUT2D eigenvalue weighted by molar-refractivity contribution is 5.61. The topological polar surface area (TPSA) is 110 Å². The third kappa shape index (κ3) is 3.52. The van der Waals surface area contributed by atoms with Gasteiger partial charge in [0.2, 0.25) is 5.82 Å². The van der Waals surface area contributed by atoms with Crippen molar-refractivity contribution in [3.05, 3.63) is 16.4 Å². The fourth-order valence-corrected chi connectivity index (χ4v) is 1.46. The molecule has 0 aliphatic rings. The average Bonchev–Trinajstić information content (AvgIpc) is 2.35. The molecule has 8 heteroatoms. The largest absolute Gasteiger partial charge is 0.476 e. The SMILES string of the molecule is CCCC(O)CNc1ncnc(OC)c1[N+](=O)[O-]. The molecule has 0 fully saturated rings. The first kappa shape index (κ1) is 14.1. The number of aromatic nitrogens is 2. The maximum atomic E-state index is 10.9. The minimum Gasteiger partial charge on any atom is -0.476 e. The van der Waals surface area contributed by atoms with E-state index < -0.39 is 11.0 Å². The summed E-state index contributed by atoms with van der Waals surface area (Å²) in [7, 11) is 1.30. The number of hydrogen-bond donors (Lipinski definition) is 2. The molecule has 0 aliphatic heterocycles. The summed E-state index contributed by atoms with van der Waals surface area (Å²) < 4.78 is 4.81. The number of rotatable bonds is 7. The Morgan fingerprint density at radius 2 is 2.33 bits per heavy atom. The van der Waals surface area contributed by atoms with Gasteiger partial charge in [-0.25, -0.2) is 4.98 Å². The lowest BCUT2D eigenvalue weighted by Crippen LogP contribution is -2.20. The number of nitrogens with zero attached hydrogens (tertiary/aromatic N) is 3. The Bertz CT molecular complexity index is 413. The molecule has 1 unspecified atom stereocenters. The van der Waals surface area contributed by atoms with Crippen LogP contribution < -0.4 is 10.1 Å². The molecule has 0 spiro atoms. The van der Waals surface area contributed by atoms with E-state index in [0.29, 0.717) is 6.42 Å². The molecule has 18 heavy (non-hydrogen) atoms. The Labute approximate surface area is 104 Å². The van der Waals surface area contributed by atoms with Crippen LogP contribution >= 0.6 is 0 Å². The smallest absolute Gasteiger partial charge is 0.372 e. The summed E-state index contributed by atoms with van der Waals surface area (Å²) in [5.74, 6) is -0.0653. The van der Waals surface area contributed by atoms with Gasteiger partial charge in [-0.3, -0.25) is 10.1 Å². The predicted molar refractivity (Wildman–Crippen MR) is 64.6 cm³/mol. The van der Waals surface area contributed by atoms with Crippen molar-refractivity contribution in [1.82, 2.24) is 9.97 Å². The van der Waals surface area contributed by atoms with Gasteiger partial charge in [-0.1, -0.05) is 13.3 Å². The first-order chi connectivity index (χ1) is 8.60. The van der Waals surface area contributed by atoms with E-state index in [-0.39, 0.29) is 23.9 Å². The Morgan fingerprint density at radius 3 is 2.89 bits per heavy atom. The molecule has 0 amide bonds. The summed E-state index contributed by atoms with van der Waals surface area (Å²) in [6.45, 7) is 2.13. The van der Waals surface area contributed by atoms with E-state index in [9.17, 15) is 15.2 Å². The number of hydrogen-bond acceptors (Lipinski definition) is 7. The second kappa shape index (κ2) is 6.70. The van der Waals surface area contributed by atoms with Gasteiger partial charge < -0.3 is 15.2 Å². The van der Waals surface area contributed by atoms with E-state index in [2.05, 4.69) is 15.3 Å². The zero-order valence-corrected chi connectivity index (χ0v) is 10.3. The molecule has 1 rings (SSSR count). The highest BCUT2D eigenvalue weighted by atomic mass is 16.6. The molecule has 0 saturated carbocycles. The molecule has 0 aromatic carbocycles. The number of ether oxygens (including phenoxy) is 1. The Kier molecular flexibility index (Phi) is 5.25. The van der Waals surface area contributed by atoms with Crippen LogP contribution in [-0.4, -0.2) is 39.8 Å². The molecule has 8 nitrogen and oxygen atoms in total. The van der Waals surface area contributed by atoms with E-state index in [0.717, 1.165) is 6.42 Å². The van der Waals surface area contributed by atoms with Crippen LogP contribution in [0.5, 0.6) is 5.88 Å². The fraction of sp³-hybridized carbons (Fsp3) is 0.600. The van der Waals surface area contributed by atoms with E-state index in [4.69, 9.17) is 4.74 Å². The molecular formula is C10H16N4O4. The molecule has 1 aromatic rings. The summed E-state index contributed by atoms with van der Waals surface area (Å²) in [6, 6.07) is 0. The highest BCUT2D eigenvalue weighted by Gasteiger charge is 2.23. The number of aliphatic hydroxyl groups is 1. The van der Waals surface area contributed by atoms with Crippen LogP contribution in [0.4, 0.5) is 11.5 Å². The first-order valence-electron chi connectivity index (χ1n) is 5.55. The lowest BCUT2D eigenvalue weighted by molar-refractivity contribution is -0.385. The summed E-state index contributed by atoms with van der Waals surface area (Å²) in [6.07, 6.45) is 2.04. The van der Waals surface area contributed by atoms with Crippen LogP contribution in [0.25, 0.3) is 0 Å². The maximum absolute atomic E-state index is 10.9. The van der Waals surface area contributed by atoms with Crippen molar-refractivity contribution in [2.24, 2.45) is 0 Å². The van der Waals surface area contributed by atoms with E-state index in [1.165, 1.54) is 13.4 Å². The number of methoxy groups -OCH3 is 1. The van der Waals surface area contributed by atoms with Crippen molar-refractivity contribution in [2.45, 2.75) is 25.9 Å². The summed E-state index contributed by atoms with van der Waals surface area (Å²) in [4.78, 5) is 17.7. The van der Waals surface area contributed by atoms with Crippen molar-refractivity contribution in [2.75, 3.05) is 19.0 Å². The van der Waals surface area contributed by atoms with Crippen LogP contribution in [0.15, 0.2) is 6.33 Å². The third-order valence-corrected chi connectivity index (χ3v) is 2.29. The minimum absolute atomic E-state index is 0.0435. The molecule has 1 atom stereocenters. The van der Waals surface area contributed by atoms with Crippen LogP contribution in [0, 0.1) is 10.1 Å². The standard InChI is InChI=1S/C10H16N4O4/c1-3-4-7(15)5-11-9-8(14(16)17)10(18-2)13-6-12-9/h6-7,15H,3-5H2,1-2H3,(H,11,12,13). The van der Waals surface area contributed by atoms with Crippen molar-refractivity contribution >= 4 is 11.5 Å². The monoisotopic (exact) mass is 256 g/mol. The number of nitrogens with one attached hydrogen (secondary N) is 1. The van der Waals surface area contributed by atoms with Crippen molar-refractivity contribution in [3.8, 4) is 5.88 Å². The molecule has 2 N–H and O–H groups in total. The fourth-order valence-electron chi connectivity index (χ4n) is 1.46. The van der Waals surface area contributed by atoms with Crippen molar-refractivity contribution in [1.29, 1.82) is 0 Å². The highest BCUT2D eigenvalue weighted by Crippen LogP contribution is 2.30. The van der Waals surface area contributed by atoms with Gasteiger partial charge in [-0.15, -0.1) is 0 Å². The number of aliphatic hydroxyl groups excluding tert-OH is 1. The second-order valence-corrected chi connectivity index (χ2v) is 3.66. The van der Waals surface area contributed by atoms with Gasteiger partial charge in [0, 0.05) is 6.54 Å². The number of nitro groups is 1. The van der Waals surface area contributed by atoms with Gasteiger partial charge in [-0.2, -0.15) is 4.98 Å². The van der Waals surface area contributed by atoms with Crippen LogP contribution in [-0.2, 0) is 0 Å². The zero-order chi connectivity index (χ0) is 13.5. The molecule has 0 bridgehead atoms. The summed E-state index contributed by atoms with van der Waals surface area (Å²) in [5.41, 5.74) is -0.330. The lowest BCUT2D eigenvalue weighted by Gasteiger charge is -2.11. The van der Waals surface area contributed by atoms with Crippen LogP contribution in [0.2, 0.25) is 0 Å². The maximum Gasteiger partial charge on any atom is 0.372 e. The van der Waals surface area contributed by atoms with Crippen LogP contribution in [0.1, 0.15) is 19.8 Å². The molecule has 0 aliphatic carbocycles. The van der Waals surface area contributed by atoms with E-state index >= 15 is 0 Å². The van der Waals surface area contributed by atoms with Gasteiger partial charge in [0.25, 0.3) is 5.88 Å². The molecular weight excluding hydrogens is 240 g/mol.